The second-order valence-corrected chi connectivity index (χ2v) is 9.53. The van der Waals surface area contributed by atoms with Crippen LogP contribution in [0.1, 0.15) is 46.0 Å². The monoisotopic (exact) mass is 557 g/mol. The third-order valence-corrected chi connectivity index (χ3v) is 6.70. The summed E-state index contributed by atoms with van der Waals surface area (Å²) in [5.74, 6) is 0.0932. The number of halogens is 1. The Morgan fingerprint density at radius 2 is 1.72 bits per heavy atom. The summed E-state index contributed by atoms with van der Waals surface area (Å²) < 4.78 is 5.67. The molecule has 2 heterocycles. The zero-order chi connectivity index (χ0) is 28.5. The molecule has 9 nitrogen and oxygen atoms in total. The first-order chi connectivity index (χ1) is 18.7. The molecule has 1 fully saturated rings. The molecule has 1 amide bonds. The Hall–Kier alpha value is -3.37. The maximum atomic E-state index is 12.9. The van der Waals surface area contributed by atoms with Crippen LogP contribution in [0, 0.1) is 0 Å². The summed E-state index contributed by atoms with van der Waals surface area (Å²) in [7, 11) is 1.47. The molecule has 1 aliphatic heterocycles. The molecule has 2 unspecified atom stereocenters. The fourth-order valence-corrected chi connectivity index (χ4v) is 4.99. The van der Waals surface area contributed by atoms with Crippen molar-refractivity contribution < 1.29 is 29.3 Å². The minimum atomic E-state index is -1.07. The first kappa shape index (κ1) is 30.2. The van der Waals surface area contributed by atoms with Gasteiger partial charge in [0.25, 0.3) is 5.91 Å². The maximum absolute atomic E-state index is 12.9. The number of alkyl halides is 1. The van der Waals surface area contributed by atoms with Crippen molar-refractivity contribution >= 4 is 23.5 Å². The molecule has 3 N–H and O–H groups in total. The molecule has 0 radical (unpaired) electrons. The second kappa shape index (κ2) is 14.1. The van der Waals surface area contributed by atoms with Crippen molar-refractivity contribution in [3.05, 3.63) is 88.9 Å². The highest BCUT2D eigenvalue weighted by Crippen LogP contribution is 2.34. The number of likely N-dealkylation sites (N-methyl/N-ethyl adjacent to an activating group) is 1. The van der Waals surface area contributed by atoms with Crippen LogP contribution < -0.4 is 0 Å². The standard InChI is InChI=1S/C28H33N3O6.CH3Cl/c1-19-15-30(16-24-9-10-25(18-32)37-24)11-12-31(19)27(21-6-4-8-23(33)14-21)20-5-3-7-22(13-20)28(36)29(2)17-26(34)35;1-2/h3-10,13-14,19,27,32-33H,11-12,15-18H2,1-2H3,(H,34,35);1H3. The lowest BCUT2D eigenvalue weighted by molar-refractivity contribution is -0.137. The van der Waals surface area contributed by atoms with E-state index in [-0.39, 0.29) is 36.9 Å². The topological polar surface area (TPSA) is 118 Å². The summed E-state index contributed by atoms with van der Waals surface area (Å²) in [6.07, 6.45) is 1.47. The molecule has 210 valence electrons. The maximum Gasteiger partial charge on any atom is 0.323 e. The summed E-state index contributed by atoms with van der Waals surface area (Å²) >= 11 is 4.64. The van der Waals surface area contributed by atoms with E-state index in [1.54, 1.807) is 24.3 Å². The van der Waals surface area contributed by atoms with E-state index in [0.717, 1.165) is 36.5 Å². The average molecular weight is 558 g/mol. The Labute approximate surface area is 233 Å². The Kier molecular flexibility index (Phi) is 10.9. The van der Waals surface area contributed by atoms with Crippen molar-refractivity contribution in [2.75, 3.05) is 39.6 Å². The summed E-state index contributed by atoms with van der Waals surface area (Å²) in [5, 5.41) is 28.6. The largest absolute Gasteiger partial charge is 0.508 e. The molecule has 0 saturated carbocycles. The van der Waals surface area contributed by atoms with Gasteiger partial charge in [0, 0.05) is 44.7 Å². The van der Waals surface area contributed by atoms with Gasteiger partial charge in [-0.3, -0.25) is 19.4 Å². The molecular formula is C29H36ClN3O6. The van der Waals surface area contributed by atoms with Crippen molar-refractivity contribution in [2.24, 2.45) is 0 Å². The SMILES string of the molecule is CC1CN(Cc2ccc(CO)o2)CCN1C(c1cccc(O)c1)c1cccc(C(=O)N(C)CC(=O)O)c1.CCl. The van der Waals surface area contributed by atoms with Crippen molar-refractivity contribution in [2.45, 2.75) is 32.2 Å². The van der Waals surface area contributed by atoms with Crippen LogP contribution in [-0.2, 0) is 17.9 Å². The number of hydrogen-bond donors (Lipinski definition) is 3. The van der Waals surface area contributed by atoms with E-state index < -0.39 is 5.97 Å². The molecular weight excluding hydrogens is 522 g/mol. The van der Waals surface area contributed by atoms with E-state index in [9.17, 15) is 19.8 Å². The van der Waals surface area contributed by atoms with Crippen LogP contribution in [0.3, 0.4) is 0 Å². The lowest BCUT2D eigenvalue weighted by Gasteiger charge is -2.44. The van der Waals surface area contributed by atoms with Gasteiger partial charge in [0.2, 0.25) is 0 Å². The third kappa shape index (κ3) is 7.83. The van der Waals surface area contributed by atoms with Crippen molar-refractivity contribution in [1.29, 1.82) is 0 Å². The second-order valence-electron chi connectivity index (χ2n) is 9.53. The van der Waals surface area contributed by atoms with Gasteiger partial charge in [-0.15, -0.1) is 11.6 Å². The normalized spacial score (nSPS) is 16.7. The number of carboxylic acids is 1. The number of piperazine rings is 1. The smallest absolute Gasteiger partial charge is 0.323 e. The van der Waals surface area contributed by atoms with E-state index in [1.807, 2.05) is 36.4 Å². The van der Waals surface area contributed by atoms with E-state index in [2.05, 4.69) is 28.3 Å². The highest BCUT2D eigenvalue weighted by molar-refractivity contribution is 6.15. The fourth-order valence-electron chi connectivity index (χ4n) is 4.99. The predicted octanol–water partition coefficient (Wildman–Crippen LogP) is 3.78. The van der Waals surface area contributed by atoms with Crippen LogP contribution in [0.4, 0.5) is 0 Å². The number of aliphatic hydroxyl groups excluding tert-OH is 1. The highest BCUT2D eigenvalue weighted by Gasteiger charge is 2.32. The molecule has 1 saturated heterocycles. The van der Waals surface area contributed by atoms with Gasteiger partial charge in [-0.25, -0.2) is 0 Å². The van der Waals surface area contributed by atoms with E-state index >= 15 is 0 Å². The van der Waals surface area contributed by atoms with Crippen LogP contribution in [0.5, 0.6) is 5.75 Å². The lowest BCUT2D eigenvalue weighted by Crippen LogP contribution is -2.52. The lowest BCUT2D eigenvalue weighted by atomic mass is 9.93. The summed E-state index contributed by atoms with van der Waals surface area (Å²) in [4.78, 5) is 29.8. The minimum absolute atomic E-state index is 0.122. The molecule has 0 aliphatic carbocycles. The Balaban J connectivity index is 0.00000205. The predicted molar refractivity (Wildman–Crippen MR) is 149 cm³/mol. The van der Waals surface area contributed by atoms with Gasteiger partial charge in [0.15, 0.2) is 0 Å². The molecule has 1 aromatic heterocycles. The number of aliphatic hydroxyl groups is 1. The summed E-state index contributed by atoms with van der Waals surface area (Å²) in [5.41, 5.74) is 2.21. The van der Waals surface area contributed by atoms with E-state index in [4.69, 9.17) is 9.52 Å². The zero-order valence-electron chi connectivity index (χ0n) is 22.5. The van der Waals surface area contributed by atoms with Crippen LogP contribution in [0.25, 0.3) is 0 Å². The summed E-state index contributed by atoms with van der Waals surface area (Å²) in [6, 6.07) is 18.0. The first-order valence-electron chi connectivity index (χ1n) is 12.7. The van der Waals surface area contributed by atoms with Gasteiger partial charge in [-0.05, 0) is 54.4 Å². The van der Waals surface area contributed by atoms with Gasteiger partial charge in [-0.1, -0.05) is 24.3 Å². The van der Waals surface area contributed by atoms with Gasteiger partial charge < -0.3 is 24.6 Å². The van der Waals surface area contributed by atoms with Crippen molar-refractivity contribution in [3.8, 4) is 5.75 Å². The highest BCUT2D eigenvalue weighted by atomic mass is 35.5. The number of benzene rings is 2. The number of carbonyl (C=O) groups excluding carboxylic acids is 1. The first-order valence-corrected chi connectivity index (χ1v) is 13.4. The molecule has 3 aromatic rings. The number of aliphatic carboxylic acids is 1. The number of carboxylic acid groups (broad SMARTS) is 1. The van der Waals surface area contributed by atoms with Gasteiger partial charge >= 0.3 is 5.97 Å². The fraction of sp³-hybridized carbons (Fsp3) is 0.379. The number of phenols is 1. The quantitative estimate of drug-likeness (QED) is 0.340. The zero-order valence-corrected chi connectivity index (χ0v) is 23.2. The molecule has 10 heteroatoms. The molecule has 0 spiro atoms. The number of phenolic OH excluding ortho intramolecular Hbond substituents is 1. The van der Waals surface area contributed by atoms with Crippen molar-refractivity contribution in [1.82, 2.24) is 14.7 Å². The Morgan fingerprint density at radius 3 is 2.33 bits per heavy atom. The van der Waals surface area contributed by atoms with Crippen LogP contribution >= 0.6 is 11.6 Å². The van der Waals surface area contributed by atoms with E-state index in [0.29, 0.717) is 17.9 Å². The van der Waals surface area contributed by atoms with Gasteiger partial charge in [0.05, 0.1) is 12.6 Å². The molecule has 2 atom stereocenters. The number of carbonyl (C=O) groups is 2. The van der Waals surface area contributed by atoms with E-state index in [1.165, 1.54) is 18.3 Å². The van der Waals surface area contributed by atoms with Crippen LogP contribution in [0.15, 0.2) is 65.1 Å². The molecule has 0 bridgehead atoms. The third-order valence-electron chi connectivity index (χ3n) is 6.70. The van der Waals surface area contributed by atoms with Crippen LogP contribution in [-0.4, -0.2) is 87.5 Å². The minimum Gasteiger partial charge on any atom is -0.508 e. The number of aromatic hydroxyl groups is 1. The number of nitrogens with zero attached hydrogens (tertiary/aromatic N) is 3. The van der Waals surface area contributed by atoms with Crippen LogP contribution in [0.2, 0.25) is 0 Å². The number of furan rings is 1. The Morgan fingerprint density at radius 1 is 1.05 bits per heavy atom. The number of amides is 1. The molecule has 39 heavy (non-hydrogen) atoms. The van der Waals surface area contributed by atoms with Gasteiger partial charge in [-0.2, -0.15) is 0 Å². The molecule has 2 aromatic carbocycles. The molecule has 1 aliphatic rings. The van der Waals surface area contributed by atoms with Crippen molar-refractivity contribution in [3.63, 3.8) is 0 Å². The van der Waals surface area contributed by atoms with Gasteiger partial charge in [0.1, 0.15) is 30.4 Å². The summed E-state index contributed by atoms with van der Waals surface area (Å²) in [6.45, 7) is 4.61. The average Bonchev–Trinajstić information content (AvgIpc) is 3.38. The number of hydrogen-bond acceptors (Lipinski definition) is 7. The number of rotatable bonds is 9. The molecule has 4 rings (SSSR count). The Bertz CT molecular complexity index is 1250.